The summed E-state index contributed by atoms with van der Waals surface area (Å²) in [6.45, 7) is 1.73. The molecule has 2 N–H and O–H groups in total. The third-order valence-electron chi connectivity index (χ3n) is 6.06. The van der Waals surface area contributed by atoms with E-state index in [1.54, 1.807) is 43.3 Å². The Kier molecular flexibility index (Phi) is 7.50. The van der Waals surface area contributed by atoms with Crippen molar-refractivity contribution in [3.8, 4) is 0 Å². The summed E-state index contributed by atoms with van der Waals surface area (Å²) in [5.41, 5.74) is 7.34. The molecule has 0 saturated carbocycles. The fourth-order valence-corrected chi connectivity index (χ4v) is 4.61. The number of hydrogen-bond donors (Lipinski definition) is 1. The molecular formula is C28H25ClN2O6. The first-order valence-electron chi connectivity index (χ1n) is 11.4. The van der Waals surface area contributed by atoms with Gasteiger partial charge in [0.15, 0.2) is 0 Å². The Morgan fingerprint density at radius 3 is 2.16 bits per heavy atom. The van der Waals surface area contributed by atoms with Crippen LogP contribution in [0.15, 0.2) is 89.4 Å². The monoisotopic (exact) mass is 520 g/mol. The van der Waals surface area contributed by atoms with Crippen LogP contribution in [0.2, 0.25) is 5.02 Å². The number of fused-ring (bicyclic) bond motifs is 1. The van der Waals surface area contributed by atoms with E-state index in [4.69, 9.17) is 31.5 Å². The van der Waals surface area contributed by atoms with E-state index in [9.17, 15) is 14.4 Å². The van der Waals surface area contributed by atoms with Gasteiger partial charge < -0.3 is 19.9 Å². The van der Waals surface area contributed by atoms with Crippen LogP contribution in [0.25, 0.3) is 10.8 Å². The number of halogens is 1. The summed E-state index contributed by atoms with van der Waals surface area (Å²) in [7, 11) is 2.39. The maximum Gasteiger partial charge on any atom is 0.355 e. The number of hydrogen-bond acceptors (Lipinski definition) is 8. The molecule has 0 spiro atoms. The molecule has 3 aromatic carbocycles. The zero-order valence-electron chi connectivity index (χ0n) is 20.5. The van der Waals surface area contributed by atoms with Crippen molar-refractivity contribution in [1.82, 2.24) is 0 Å². The molecule has 0 bridgehead atoms. The number of nitrogens with two attached hydrogens (primary N) is 1. The predicted octanol–water partition coefficient (Wildman–Crippen LogP) is 4.43. The van der Waals surface area contributed by atoms with Gasteiger partial charge in [-0.2, -0.15) is 0 Å². The van der Waals surface area contributed by atoms with E-state index < -0.39 is 23.8 Å². The Morgan fingerprint density at radius 2 is 1.51 bits per heavy atom. The fraction of sp³-hybridized carbons (Fsp3) is 0.179. The first-order chi connectivity index (χ1) is 17.8. The normalized spacial score (nSPS) is 15.6. The van der Waals surface area contributed by atoms with Crippen molar-refractivity contribution in [2.24, 2.45) is 5.73 Å². The van der Waals surface area contributed by atoms with E-state index in [-0.39, 0.29) is 29.3 Å². The van der Waals surface area contributed by atoms with Crippen molar-refractivity contribution in [2.45, 2.75) is 12.8 Å². The number of ether oxygens (including phenoxy) is 3. The Balaban J connectivity index is 2.14. The number of carbonyl (C=O) groups is 3. The topological polar surface area (TPSA) is 108 Å². The van der Waals surface area contributed by atoms with E-state index in [2.05, 4.69) is 0 Å². The van der Waals surface area contributed by atoms with Crippen molar-refractivity contribution >= 4 is 46.0 Å². The third-order valence-corrected chi connectivity index (χ3v) is 6.32. The second-order valence-corrected chi connectivity index (χ2v) is 8.52. The van der Waals surface area contributed by atoms with Gasteiger partial charge in [-0.15, -0.1) is 0 Å². The standard InChI is InChI=1S/C28H25ClN2O6/c1-4-37-27(33)23-21(17-12-14-18(29)15-13-17)22(26(32)35-2)24(28(34)36-3)31(25(23)30)20-11-7-9-16-8-5-6-10-19(16)20/h5-15,21H,4,30H2,1-3H3/t21-/m1/s1. The number of rotatable bonds is 6. The molecule has 0 aromatic heterocycles. The van der Waals surface area contributed by atoms with Crippen molar-refractivity contribution in [2.75, 3.05) is 25.7 Å². The van der Waals surface area contributed by atoms with Gasteiger partial charge in [-0.25, -0.2) is 14.4 Å². The quantitative estimate of drug-likeness (QED) is 0.375. The molecule has 8 nitrogen and oxygen atoms in total. The van der Waals surface area contributed by atoms with Crippen LogP contribution in [0.3, 0.4) is 0 Å². The molecule has 0 aliphatic carbocycles. The summed E-state index contributed by atoms with van der Waals surface area (Å²) in [6, 6.07) is 19.4. The smallest absolute Gasteiger partial charge is 0.355 e. The molecule has 0 saturated heterocycles. The highest BCUT2D eigenvalue weighted by Gasteiger charge is 2.45. The number of esters is 3. The van der Waals surface area contributed by atoms with E-state index in [0.29, 0.717) is 16.3 Å². The van der Waals surface area contributed by atoms with Crippen molar-refractivity contribution in [3.05, 3.63) is 100.0 Å². The van der Waals surface area contributed by atoms with Crippen LogP contribution < -0.4 is 10.6 Å². The van der Waals surface area contributed by atoms with Crippen molar-refractivity contribution in [3.63, 3.8) is 0 Å². The van der Waals surface area contributed by atoms with Crippen LogP contribution in [0.4, 0.5) is 5.69 Å². The molecule has 4 rings (SSSR count). The molecule has 3 aromatic rings. The maximum atomic E-state index is 13.4. The molecule has 0 radical (unpaired) electrons. The lowest BCUT2D eigenvalue weighted by Gasteiger charge is -2.37. The SMILES string of the molecule is CCOC(=O)C1=C(N)N(c2cccc3ccccc23)C(C(=O)OC)=C(C(=O)OC)[C@H]1c1ccc(Cl)cc1. The lowest BCUT2D eigenvalue weighted by Crippen LogP contribution is -2.42. The lowest BCUT2D eigenvalue weighted by molar-refractivity contribution is -0.141. The fourth-order valence-electron chi connectivity index (χ4n) is 4.49. The molecule has 1 aliphatic heterocycles. The van der Waals surface area contributed by atoms with Crippen LogP contribution in [-0.2, 0) is 28.6 Å². The summed E-state index contributed by atoms with van der Waals surface area (Å²) in [6.07, 6.45) is 0. The highest BCUT2D eigenvalue weighted by atomic mass is 35.5. The molecule has 0 fully saturated rings. The third kappa shape index (κ3) is 4.63. The first kappa shape index (κ1) is 25.8. The Hall–Kier alpha value is -4.30. The van der Waals surface area contributed by atoms with Gasteiger partial charge in [0.2, 0.25) is 0 Å². The molecule has 37 heavy (non-hydrogen) atoms. The minimum absolute atomic E-state index is 0.0230. The van der Waals surface area contributed by atoms with Gasteiger partial charge in [-0.1, -0.05) is 60.1 Å². The van der Waals surface area contributed by atoms with Crippen molar-refractivity contribution in [1.29, 1.82) is 0 Å². The summed E-state index contributed by atoms with van der Waals surface area (Å²) in [4.78, 5) is 41.5. The van der Waals surface area contributed by atoms with Gasteiger partial charge >= 0.3 is 17.9 Å². The highest BCUT2D eigenvalue weighted by Crippen LogP contribution is 2.45. The van der Waals surface area contributed by atoms with Gasteiger partial charge in [-0.05, 0) is 36.1 Å². The first-order valence-corrected chi connectivity index (χ1v) is 11.8. The van der Waals surface area contributed by atoms with Gasteiger partial charge in [0.1, 0.15) is 11.5 Å². The van der Waals surface area contributed by atoms with Crippen LogP contribution >= 0.6 is 11.6 Å². The zero-order chi connectivity index (χ0) is 26.7. The zero-order valence-corrected chi connectivity index (χ0v) is 21.2. The van der Waals surface area contributed by atoms with Gasteiger partial charge in [0.25, 0.3) is 0 Å². The van der Waals surface area contributed by atoms with Crippen LogP contribution in [0, 0.1) is 0 Å². The van der Waals surface area contributed by atoms with Crippen LogP contribution in [-0.4, -0.2) is 38.7 Å². The van der Waals surface area contributed by atoms with E-state index in [1.807, 2.05) is 30.3 Å². The molecule has 0 unspecified atom stereocenters. The Bertz CT molecular complexity index is 1440. The van der Waals surface area contributed by atoms with Crippen LogP contribution in [0.5, 0.6) is 0 Å². The molecule has 0 amide bonds. The van der Waals surface area contributed by atoms with E-state index >= 15 is 0 Å². The minimum Gasteiger partial charge on any atom is -0.466 e. The number of nitrogens with zero attached hydrogens (tertiary/aromatic N) is 1. The number of benzene rings is 3. The number of methoxy groups -OCH3 is 2. The molecule has 1 aliphatic rings. The van der Waals surface area contributed by atoms with Crippen LogP contribution in [0.1, 0.15) is 18.4 Å². The Labute approximate surface area is 218 Å². The van der Waals surface area contributed by atoms with Gasteiger partial charge in [-0.3, -0.25) is 4.90 Å². The lowest BCUT2D eigenvalue weighted by atomic mass is 9.80. The second kappa shape index (κ2) is 10.8. The maximum absolute atomic E-state index is 13.4. The molecular weight excluding hydrogens is 496 g/mol. The predicted molar refractivity (Wildman–Crippen MR) is 140 cm³/mol. The summed E-state index contributed by atoms with van der Waals surface area (Å²) in [5.74, 6) is -3.58. The minimum atomic E-state index is -1.09. The van der Waals surface area contributed by atoms with Crippen molar-refractivity contribution < 1.29 is 28.6 Å². The molecule has 1 atom stereocenters. The second-order valence-electron chi connectivity index (χ2n) is 8.08. The summed E-state index contributed by atoms with van der Waals surface area (Å²) < 4.78 is 15.6. The average Bonchev–Trinajstić information content (AvgIpc) is 2.91. The Morgan fingerprint density at radius 1 is 0.865 bits per heavy atom. The molecule has 9 heteroatoms. The number of anilines is 1. The van der Waals surface area contributed by atoms with Gasteiger partial charge in [0, 0.05) is 10.4 Å². The summed E-state index contributed by atoms with van der Waals surface area (Å²) in [5, 5.41) is 2.03. The highest BCUT2D eigenvalue weighted by molar-refractivity contribution is 6.30. The molecule has 1 heterocycles. The van der Waals surface area contributed by atoms with Gasteiger partial charge in [0.05, 0.1) is 43.6 Å². The van der Waals surface area contributed by atoms with E-state index in [0.717, 1.165) is 10.8 Å². The largest absolute Gasteiger partial charge is 0.466 e. The number of carbonyl (C=O) groups excluding carboxylic acids is 3. The molecule has 190 valence electrons. The average molecular weight is 521 g/mol. The summed E-state index contributed by atoms with van der Waals surface area (Å²) >= 11 is 6.10. The van der Waals surface area contributed by atoms with E-state index in [1.165, 1.54) is 19.1 Å².